The fourth-order valence-corrected chi connectivity index (χ4v) is 5.98. The third-order valence-corrected chi connectivity index (χ3v) is 9.92. The Morgan fingerprint density at radius 1 is 0.889 bits per heavy atom. The van der Waals surface area contributed by atoms with E-state index >= 15 is 0 Å². The minimum absolute atomic E-state index is 0.00887. The molecule has 1 saturated heterocycles. The lowest BCUT2D eigenvalue weighted by atomic mass is 9.76. The first-order valence-electron chi connectivity index (χ1n) is 16.2. The summed E-state index contributed by atoms with van der Waals surface area (Å²) in [6.45, 7) is 19.5. The van der Waals surface area contributed by atoms with Crippen LogP contribution in [0.4, 0.5) is 4.39 Å². The Morgan fingerprint density at radius 2 is 1.51 bits per heavy atom. The van der Waals surface area contributed by atoms with Crippen LogP contribution < -0.4 is 4.74 Å². The van der Waals surface area contributed by atoms with Crippen molar-refractivity contribution in [3.05, 3.63) is 83.2 Å². The van der Waals surface area contributed by atoms with Gasteiger partial charge in [0.25, 0.3) is 5.91 Å². The molecule has 1 aromatic heterocycles. The third kappa shape index (κ3) is 6.91. The van der Waals surface area contributed by atoms with E-state index in [9.17, 15) is 9.18 Å². The van der Waals surface area contributed by atoms with E-state index < -0.39 is 0 Å². The van der Waals surface area contributed by atoms with Gasteiger partial charge >= 0.3 is 0 Å². The van der Waals surface area contributed by atoms with Crippen molar-refractivity contribution in [2.24, 2.45) is 0 Å². The number of carbonyl (C=O) groups excluding carboxylic acids is 1. The standard InChI is InChI=1S/C37H48FN5O2/c1-9-36(5,6)28-19-30(37(7,8)10-2)35(33(20-28)43-39-31-13-11-12-14-32(31)40-43)45-24-34(44)42-22-25(3)41(21-26(42)4)23-27-15-17-29(38)18-16-27/h11-20,25-26H,9-10,21-24H2,1-8H3/t25-,26+/m0/s1. The van der Waals surface area contributed by atoms with Crippen molar-refractivity contribution >= 4 is 16.9 Å². The summed E-state index contributed by atoms with van der Waals surface area (Å²) in [4.78, 5) is 19.8. The van der Waals surface area contributed by atoms with Gasteiger partial charge in [-0.1, -0.05) is 71.9 Å². The summed E-state index contributed by atoms with van der Waals surface area (Å²) in [5.74, 6) is 0.380. The van der Waals surface area contributed by atoms with Crippen LogP contribution in [0, 0.1) is 5.82 Å². The molecule has 0 N–H and O–H groups in total. The average molecular weight is 614 g/mol. The lowest BCUT2D eigenvalue weighted by Gasteiger charge is -2.44. The van der Waals surface area contributed by atoms with E-state index in [-0.39, 0.29) is 41.2 Å². The van der Waals surface area contributed by atoms with Crippen LogP contribution in [0.2, 0.25) is 0 Å². The number of amides is 1. The van der Waals surface area contributed by atoms with Crippen LogP contribution in [-0.2, 0) is 22.2 Å². The summed E-state index contributed by atoms with van der Waals surface area (Å²) in [5, 5.41) is 9.66. The van der Waals surface area contributed by atoms with Crippen LogP contribution in [0.25, 0.3) is 16.7 Å². The minimum atomic E-state index is -0.232. The van der Waals surface area contributed by atoms with E-state index in [0.29, 0.717) is 12.3 Å². The summed E-state index contributed by atoms with van der Waals surface area (Å²) in [5.41, 5.74) is 5.37. The van der Waals surface area contributed by atoms with Crippen molar-refractivity contribution in [3.63, 3.8) is 0 Å². The van der Waals surface area contributed by atoms with Crippen LogP contribution in [0.5, 0.6) is 5.75 Å². The molecule has 1 amide bonds. The molecule has 5 rings (SSSR count). The Labute approximate surface area is 267 Å². The predicted molar refractivity (Wildman–Crippen MR) is 178 cm³/mol. The minimum Gasteiger partial charge on any atom is -0.481 e. The summed E-state index contributed by atoms with van der Waals surface area (Å²) in [6, 6.07) is 19.0. The Bertz CT molecular complexity index is 1610. The third-order valence-electron chi connectivity index (χ3n) is 9.92. The zero-order valence-electron chi connectivity index (χ0n) is 28.1. The van der Waals surface area contributed by atoms with Gasteiger partial charge in [0.05, 0.1) is 0 Å². The summed E-state index contributed by atoms with van der Waals surface area (Å²) < 4.78 is 20.0. The van der Waals surface area contributed by atoms with Gasteiger partial charge in [0, 0.05) is 37.3 Å². The zero-order valence-corrected chi connectivity index (χ0v) is 28.1. The molecule has 4 aromatic rings. The lowest BCUT2D eigenvalue weighted by molar-refractivity contribution is -0.139. The number of hydrogen-bond acceptors (Lipinski definition) is 5. The van der Waals surface area contributed by atoms with Gasteiger partial charge in [-0.15, -0.1) is 15.0 Å². The fraction of sp³-hybridized carbons (Fsp3) is 0.486. The Kier molecular flexibility index (Phi) is 9.36. The molecule has 0 aliphatic carbocycles. The van der Waals surface area contributed by atoms with Crippen LogP contribution >= 0.6 is 0 Å². The van der Waals surface area contributed by atoms with Gasteiger partial charge < -0.3 is 9.64 Å². The number of halogens is 1. The predicted octanol–water partition coefficient (Wildman–Crippen LogP) is 7.44. The van der Waals surface area contributed by atoms with Crippen LogP contribution in [0.15, 0.2) is 60.7 Å². The molecule has 1 aliphatic rings. The number of ether oxygens (including phenoxy) is 1. The number of benzene rings is 3. The fourth-order valence-electron chi connectivity index (χ4n) is 5.98. The van der Waals surface area contributed by atoms with Crippen molar-refractivity contribution in [2.45, 2.75) is 97.7 Å². The second-order valence-corrected chi connectivity index (χ2v) is 13.9. The molecule has 0 spiro atoms. The highest BCUT2D eigenvalue weighted by Gasteiger charge is 2.34. The first-order valence-corrected chi connectivity index (χ1v) is 16.2. The molecule has 8 heteroatoms. The number of rotatable bonds is 10. The highest BCUT2D eigenvalue weighted by atomic mass is 19.1. The second-order valence-electron chi connectivity index (χ2n) is 13.9. The molecule has 240 valence electrons. The smallest absolute Gasteiger partial charge is 0.260 e. The number of hydrogen-bond donors (Lipinski definition) is 0. The van der Waals surface area contributed by atoms with Gasteiger partial charge in [-0.25, -0.2) is 4.39 Å². The van der Waals surface area contributed by atoms with E-state index in [2.05, 4.69) is 72.4 Å². The molecule has 7 nitrogen and oxygen atoms in total. The highest BCUT2D eigenvalue weighted by molar-refractivity contribution is 5.79. The number of piperazine rings is 1. The molecular weight excluding hydrogens is 565 g/mol. The maximum Gasteiger partial charge on any atom is 0.260 e. The molecule has 0 bridgehead atoms. The first-order chi connectivity index (χ1) is 21.3. The van der Waals surface area contributed by atoms with E-state index in [1.807, 2.05) is 41.3 Å². The zero-order chi connectivity index (χ0) is 32.5. The number of fused-ring (bicyclic) bond motifs is 1. The topological polar surface area (TPSA) is 63.5 Å². The van der Waals surface area contributed by atoms with E-state index in [1.54, 1.807) is 4.80 Å². The molecule has 2 atom stereocenters. The van der Waals surface area contributed by atoms with Crippen molar-refractivity contribution in [3.8, 4) is 11.4 Å². The van der Waals surface area contributed by atoms with Crippen molar-refractivity contribution in [1.82, 2.24) is 24.8 Å². The van der Waals surface area contributed by atoms with Gasteiger partial charge in [0.15, 0.2) is 12.4 Å². The lowest BCUT2D eigenvalue weighted by Crippen LogP contribution is -2.58. The summed E-state index contributed by atoms with van der Waals surface area (Å²) in [7, 11) is 0. The molecule has 2 heterocycles. The monoisotopic (exact) mass is 613 g/mol. The summed E-state index contributed by atoms with van der Waals surface area (Å²) in [6.07, 6.45) is 1.86. The number of nitrogens with zero attached hydrogens (tertiary/aromatic N) is 5. The van der Waals surface area contributed by atoms with E-state index in [1.165, 1.54) is 17.7 Å². The van der Waals surface area contributed by atoms with Gasteiger partial charge in [0.2, 0.25) is 0 Å². The molecule has 1 fully saturated rings. The first kappa shape index (κ1) is 32.6. The highest BCUT2D eigenvalue weighted by Crippen LogP contribution is 2.42. The van der Waals surface area contributed by atoms with Gasteiger partial charge in [-0.05, 0) is 79.0 Å². The Balaban J connectivity index is 1.45. The van der Waals surface area contributed by atoms with Gasteiger partial charge in [-0.2, -0.15) is 0 Å². The number of carbonyl (C=O) groups is 1. The SMILES string of the molecule is CCC(C)(C)c1cc(-n2nc3ccccc3n2)c(OCC(=O)N2C[C@H](C)N(Cc3ccc(F)cc3)C[C@H]2C)c(C(C)(C)CC)c1. The van der Waals surface area contributed by atoms with E-state index in [4.69, 9.17) is 14.9 Å². The molecule has 0 unspecified atom stereocenters. The number of aromatic nitrogens is 3. The normalized spacial score (nSPS) is 18.0. The van der Waals surface area contributed by atoms with Crippen LogP contribution in [0.1, 0.15) is 84.9 Å². The maximum atomic E-state index is 13.8. The van der Waals surface area contributed by atoms with Crippen LogP contribution in [-0.4, -0.2) is 62.5 Å². The Morgan fingerprint density at radius 3 is 2.11 bits per heavy atom. The molecule has 0 radical (unpaired) electrons. The summed E-state index contributed by atoms with van der Waals surface area (Å²) >= 11 is 0. The van der Waals surface area contributed by atoms with Crippen molar-refractivity contribution in [2.75, 3.05) is 19.7 Å². The van der Waals surface area contributed by atoms with Gasteiger partial charge in [-0.3, -0.25) is 9.69 Å². The maximum absolute atomic E-state index is 13.8. The van der Waals surface area contributed by atoms with Crippen LogP contribution in [0.3, 0.4) is 0 Å². The average Bonchev–Trinajstić information content (AvgIpc) is 3.46. The van der Waals surface area contributed by atoms with Crippen molar-refractivity contribution < 1.29 is 13.9 Å². The van der Waals surface area contributed by atoms with Gasteiger partial charge in [0.1, 0.15) is 22.5 Å². The van der Waals surface area contributed by atoms with Crippen molar-refractivity contribution in [1.29, 1.82) is 0 Å². The molecule has 45 heavy (non-hydrogen) atoms. The Hall–Kier alpha value is -3.78. The quantitative estimate of drug-likeness (QED) is 0.186. The largest absolute Gasteiger partial charge is 0.481 e. The molecule has 3 aromatic carbocycles. The molecular formula is C37H48FN5O2. The van der Waals surface area contributed by atoms with E-state index in [0.717, 1.165) is 53.8 Å². The molecule has 0 saturated carbocycles. The molecule has 1 aliphatic heterocycles. The second kappa shape index (κ2) is 12.9.